The Morgan fingerprint density at radius 2 is 1.97 bits per heavy atom. The molecule has 0 aliphatic heterocycles. The summed E-state index contributed by atoms with van der Waals surface area (Å²) in [6.45, 7) is 0. The van der Waals surface area contributed by atoms with Crippen LogP contribution in [0.15, 0.2) is 48.5 Å². The van der Waals surface area contributed by atoms with Gasteiger partial charge in [-0.15, -0.1) is 0 Å². The van der Waals surface area contributed by atoms with Crippen molar-refractivity contribution in [3.05, 3.63) is 76.7 Å². The van der Waals surface area contributed by atoms with Crippen molar-refractivity contribution in [3.8, 4) is 6.07 Å². The predicted octanol–water partition coefficient (Wildman–Crippen LogP) is 4.32. The van der Waals surface area contributed by atoms with Crippen molar-refractivity contribution in [1.29, 1.82) is 5.26 Å². The van der Waals surface area contributed by atoms with E-state index in [1.54, 1.807) is 13.1 Å². The maximum absolute atomic E-state index is 13.6. The summed E-state index contributed by atoms with van der Waals surface area (Å²) in [5.41, 5.74) is 8.71. The number of carbonyl (C=O) groups is 1. The van der Waals surface area contributed by atoms with E-state index in [9.17, 15) is 9.18 Å². The quantitative estimate of drug-likeness (QED) is 0.678. The van der Waals surface area contributed by atoms with E-state index >= 15 is 0 Å². The maximum atomic E-state index is 13.6. The number of nitriles is 1. The van der Waals surface area contributed by atoms with Gasteiger partial charge in [0.25, 0.3) is 5.91 Å². The van der Waals surface area contributed by atoms with Gasteiger partial charge in [0.15, 0.2) is 0 Å². The lowest BCUT2D eigenvalue weighted by Gasteiger charge is -2.12. The fraction of sp³-hybridized carbons (Fsp3) is 0.261. The molecule has 1 aliphatic carbocycles. The Hall–Kier alpha value is -3.66. The van der Waals surface area contributed by atoms with E-state index in [0.29, 0.717) is 22.9 Å². The predicted molar refractivity (Wildman–Crippen MR) is 112 cm³/mol. The van der Waals surface area contributed by atoms with Crippen LogP contribution in [0.4, 0.5) is 15.9 Å². The van der Waals surface area contributed by atoms with Crippen molar-refractivity contribution in [3.63, 3.8) is 0 Å². The Labute approximate surface area is 174 Å². The molecular weight excluding hydrogens is 381 g/mol. The molecule has 1 fully saturated rings. The van der Waals surface area contributed by atoms with E-state index < -0.39 is 11.7 Å². The van der Waals surface area contributed by atoms with Gasteiger partial charge in [-0.2, -0.15) is 10.4 Å². The number of nitrogens with one attached hydrogen (secondary N) is 1. The van der Waals surface area contributed by atoms with Crippen molar-refractivity contribution in [2.45, 2.75) is 31.1 Å². The van der Waals surface area contributed by atoms with Crippen LogP contribution in [0.3, 0.4) is 0 Å². The lowest BCUT2D eigenvalue weighted by atomic mass is 9.94. The first kappa shape index (κ1) is 19.6. The molecule has 30 heavy (non-hydrogen) atoms. The monoisotopic (exact) mass is 403 g/mol. The standard InChI is InChI=1S/C23H22FN5O/c1-29-22(26)20(23(30)27-18-9-10-19(24)17(12-18)13-25)21(28-29)16-8-7-15(11-16)14-5-3-2-4-6-14/h2-6,9-10,12,15-16H,7-8,11,26H2,1H3,(H,27,30). The van der Waals surface area contributed by atoms with E-state index in [1.807, 2.05) is 18.2 Å². The van der Waals surface area contributed by atoms with Crippen LogP contribution < -0.4 is 11.1 Å². The van der Waals surface area contributed by atoms with Crippen LogP contribution in [0.2, 0.25) is 0 Å². The summed E-state index contributed by atoms with van der Waals surface area (Å²) in [5.74, 6) is -0.203. The third kappa shape index (κ3) is 3.64. The molecule has 4 rings (SSSR count). The van der Waals surface area contributed by atoms with Gasteiger partial charge in [0, 0.05) is 18.7 Å². The van der Waals surface area contributed by atoms with Crippen molar-refractivity contribution in [2.75, 3.05) is 11.1 Å². The van der Waals surface area contributed by atoms with Crippen LogP contribution >= 0.6 is 0 Å². The molecule has 1 saturated carbocycles. The topological polar surface area (TPSA) is 96.7 Å². The van der Waals surface area contributed by atoms with Gasteiger partial charge in [0.2, 0.25) is 0 Å². The van der Waals surface area contributed by atoms with E-state index in [4.69, 9.17) is 11.0 Å². The Balaban J connectivity index is 1.59. The molecule has 3 N–H and O–H groups in total. The minimum Gasteiger partial charge on any atom is -0.383 e. The van der Waals surface area contributed by atoms with Gasteiger partial charge in [0.1, 0.15) is 23.3 Å². The highest BCUT2D eigenvalue weighted by Gasteiger charge is 2.33. The van der Waals surface area contributed by atoms with Crippen molar-refractivity contribution >= 4 is 17.4 Å². The zero-order valence-corrected chi connectivity index (χ0v) is 16.6. The fourth-order valence-corrected chi connectivity index (χ4v) is 4.22. The van der Waals surface area contributed by atoms with Crippen LogP contribution in [0.1, 0.15) is 58.3 Å². The van der Waals surface area contributed by atoms with Crippen molar-refractivity contribution < 1.29 is 9.18 Å². The number of hydrogen-bond acceptors (Lipinski definition) is 4. The number of nitrogens with two attached hydrogens (primary N) is 1. The van der Waals surface area contributed by atoms with E-state index in [-0.39, 0.29) is 17.3 Å². The van der Waals surface area contributed by atoms with E-state index in [2.05, 4.69) is 22.5 Å². The largest absolute Gasteiger partial charge is 0.383 e. The maximum Gasteiger partial charge on any atom is 0.261 e. The molecule has 2 atom stereocenters. The number of benzene rings is 2. The molecular formula is C23H22FN5O. The van der Waals surface area contributed by atoms with Gasteiger partial charge >= 0.3 is 0 Å². The zero-order chi connectivity index (χ0) is 21.3. The second-order valence-electron chi connectivity index (χ2n) is 7.65. The molecule has 0 spiro atoms. The number of rotatable bonds is 4. The summed E-state index contributed by atoms with van der Waals surface area (Å²) >= 11 is 0. The minimum absolute atomic E-state index is 0.127. The molecule has 2 aromatic carbocycles. The van der Waals surface area contributed by atoms with Gasteiger partial charge in [-0.1, -0.05) is 30.3 Å². The SMILES string of the molecule is Cn1nc(C2CCC(c3ccccc3)C2)c(C(=O)Nc2ccc(F)c(C#N)c2)c1N. The average molecular weight is 403 g/mol. The first-order chi connectivity index (χ1) is 14.5. The summed E-state index contributed by atoms with van der Waals surface area (Å²) in [4.78, 5) is 13.0. The molecule has 152 valence electrons. The average Bonchev–Trinajstić information content (AvgIpc) is 3.35. The molecule has 1 aliphatic rings. The molecule has 1 amide bonds. The number of anilines is 2. The van der Waals surface area contributed by atoms with Crippen LogP contribution in [0.5, 0.6) is 0 Å². The number of nitrogens with zero attached hydrogens (tertiary/aromatic N) is 3. The summed E-state index contributed by atoms with van der Waals surface area (Å²) < 4.78 is 15.1. The van der Waals surface area contributed by atoms with Crippen molar-refractivity contribution in [1.82, 2.24) is 9.78 Å². The Bertz CT molecular complexity index is 1130. The number of nitrogen functional groups attached to an aromatic ring is 1. The van der Waals surface area contributed by atoms with Gasteiger partial charge in [0.05, 0.1) is 11.3 Å². The second-order valence-corrected chi connectivity index (χ2v) is 7.65. The van der Waals surface area contributed by atoms with Crippen LogP contribution in [-0.2, 0) is 7.05 Å². The molecule has 2 unspecified atom stereocenters. The summed E-state index contributed by atoms with van der Waals surface area (Å²) in [6.07, 6.45) is 2.84. The van der Waals surface area contributed by atoms with Crippen LogP contribution in [-0.4, -0.2) is 15.7 Å². The Morgan fingerprint density at radius 3 is 2.70 bits per heavy atom. The minimum atomic E-state index is -0.630. The third-order valence-electron chi connectivity index (χ3n) is 5.78. The highest BCUT2D eigenvalue weighted by molar-refractivity contribution is 6.08. The summed E-state index contributed by atoms with van der Waals surface area (Å²) in [7, 11) is 1.71. The number of halogens is 1. The second kappa shape index (κ2) is 7.99. The molecule has 1 heterocycles. The number of amides is 1. The highest BCUT2D eigenvalue weighted by Crippen LogP contribution is 2.44. The van der Waals surface area contributed by atoms with Gasteiger partial charge in [-0.3, -0.25) is 9.48 Å². The molecule has 3 aromatic rings. The van der Waals surface area contributed by atoms with Gasteiger partial charge < -0.3 is 11.1 Å². The smallest absolute Gasteiger partial charge is 0.261 e. The molecule has 6 nitrogen and oxygen atoms in total. The van der Waals surface area contributed by atoms with Crippen LogP contribution in [0.25, 0.3) is 0 Å². The number of aromatic nitrogens is 2. The van der Waals surface area contributed by atoms with E-state index in [1.165, 1.54) is 22.4 Å². The molecule has 0 saturated heterocycles. The zero-order valence-electron chi connectivity index (χ0n) is 16.6. The molecule has 0 bridgehead atoms. The first-order valence-corrected chi connectivity index (χ1v) is 9.86. The molecule has 7 heteroatoms. The van der Waals surface area contributed by atoms with Gasteiger partial charge in [-0.25, -0.2) is 4.39 Å². The van der Waals surface area contributed by atoms with Crippen LogP contribution in [0, 0.1) is 17.1 Å². The Kier molecular flexibility index (Phi) is 5.23. The van der Waals surface area contributed by atoms with E-state index in [0.717, 1.165) is 25.3 Å². The summed E-state index contributed by atoms with van der Waals surface area (Å²) in [5, 5.41) is 16.3. The fourth-order valence-electron chi connectivity index (χ4n) is 4.22. The lowest BCUT2D eigenvalue weighted by Crippen LogP contribution is -2.16. The lowest BCUT2D eigenvalue weighted by molar-refractivity contribution is 0.102. The normalized spacial score (nSPS) is 18.2. The number of aryl methyl sites for hydroxylation is 1. The molecule has 1 aromatic heterocycles. The van der Waals surface area contributed by atoms with Gasteiger partial charge in [-0.05, 0) is 48.9 Å². The Morgan fingerprint density at radius 1 is 1.23 bits per heavy atom. The molecule has 0 radical (unpaired) electrons. The first-order valence-electron chi connectivity index (χ1n) is 9.86. The third-order valence-corrected chi connectivity index (χ3v) is 5.78. The number of carbonyl (C=O) groups excluding carboxylic acids is 1. The highest BCUT2D eigenvalue weighted by atomic mass is 19.1. The number of hydrogen-bond donors (Lipinski definition) is 2. The summed E-state index contributed by atoms with van der Waals surface area (Å²) in [6, 6.07) is 16.0. The van der Waals surface area contributed by atoms with Crippen molar-refractivity contribution in [2.24, 2.45) is 7.05 Å².